The van der Waals surface area contributed by atoms with Gasteiger partial charge in [-0.2, -0.15) is 5.26 Å². The first-order chi connectivity index (χ1) is 11.6. The maximum Gasteiger partial charge on any atom is 0.255 e. The number of benzene rings is 2. The molecule has 1 fully saturated rings. The lowest BCUT2D eigenvalue weighted by atomic mass is 9.75. The molecule has 2 aromatic carbocycles. The normalized spacial score (nSPS) is 22.6. The van der Waals surface area contributed by atoms with Gasteiger partial charge >= 0.3 is 0 Å². The van der Waals surface area contributed by atoms with Crippen molar-refractivity contribution in [1.29, 1.82) is 5.26 Å². The first kappa shape index (κ1) is 16.8. The summed E-state index contributed by atoms with van der Waals surface area (Å²) in [5.74, 6) is -0.586. The summed E-state index contributed by atoms with van der Waals surface area (Å²) in [6, 6.07) is 15.1. The van der Waals surface area contributed by atoms with E-state index < -0.39 is 12.1 Å². The average Bonchev–Trinajstić information content (AvgIpc) is 2.54. The van der Waals surface area contributed by atoms with E-state index in [2.05, 4.69) is 6.07 Å². The Balaban J connectivity index is 1.93. The molecule has 3 rings (SSSR count). The molecule has 24 heavy (non-hydrogen) atoms. The Morgan fingerprint density at radius 1 is 1.17 bits per heavy atom. The van der Waals surface area contributed by atoms with Crippen LogP contribution in [0.5, 0.6) is 0 Å². The standard InChI is InChI=1S/C18H14Cl2N2O2/c19-13-6-12(7-14(20)8-13)18(24)22-15(9-21)17(16(22)10-23)11-4-2-1-3-5-11/h1-8,15-17,23H,10H2/t15-,16-,17-/m0/s1. The number of nitriles is 1. The first-order valence-corrected chi connectivity index (χ1v) is 8.16. The van der Waals surface area contributed by atoms with Crippen molar-refractivity contribution >= 4 is 29.1 Å². The number of halogens is 2. The highest BCUT2D eigenvalue weighted by atomic mass is 35.5. The Bertz CT molecular complexity index is 784. The zero-order valence-corrected chi connectivity index (χ0v) is 14.1. The maximum absolute atomic E-state index is 12.8. The van der Waals surface area contributed by atoms with Gasteiger partial charge in [0.2, 0.25) is 0 Å². The molecule has 0 spiro atoms. The van der Waals surface area contributed by atoms with E-state index in [9.17, 15) is 15.2 Å². The number of aliphatic hydroxyl groups excluding tert-OH is 1. The zero-order valence-electron chi connectivity index (χ0n) is 12.6. The Labute approximate surface area is 149 Å². The van der Waals surface area contributed by atoms with Crippen LogP contribution in [0.4, 0.5) is 0 Å². The molecule has 1 saturated heterocycles. The lowest BCUT2D eigenvalue weighted by molar-refractivity contribution is -0.00585. The molecule has 1 aliphatic rings. The van der Waals surface area contributed by atoms with E-state index in [0.29, 0.717) is 15.6 Å². The van der Waals surface area contributed by atoms with Crippen molar-refractivity contribution in [2.24, 2.45) is 0 Å². The quantitative estimate of drug-likeness (QED) is 0.910. The molecule has 2 aromatic rings. The summed E-state index contributed by atoms with van der Waals surface area (Å²) >= 11 is 11.9. The minimum Gasteiger partial charge on any atom is -0.394 e. The van der Waals surface area contributed by atoms with Crippen molar-refractivity contribution in [3.05, 3.63) is 69.7 Å². The molecule has 122 valence electrons. The second kappa shape index (κ2) is 6.82. The van der Waals surface area contributed by atoms with Gasteiger partial charge in [-0.15, -0.1) is 0 Å². The molecule has 0 aliphatic carbocycles. The second-order valence-corrected chi connectivity index (χ2v) is 6.50. The monoisotopic (exact) mass is 360 g/mol. The van der Waals surface area contributed by atoms with Crippen LogP contribution in [-0.4, -0.2) is 34.6 Å². The number of aliphatic hydroxyl groups is 1. The van der Waals surface area contributed by atoms with Crippen LogP contribution in [0.3, 0.4) is 0 Å². The molecule has 6 heteroatoms. The smallest absolute Gasteiger partial charge is 0.255 e. The molecule has 0 saturated carbocycles. The van der Waals surface area contributed by atoms with Crippen LogP contribution in [0.2, 0.25) is 10.0 Å². The van der Waals surface area contributed by atoms with Gasteiger partial charge in [-0.3, -0.25) is 4.79 Å². The number of likely N-dealkylation sites (tertiary alicyclic amines) is 1. The van der Waals surface area contributed by atoms with Crippen LogP contribution < -0.4 is 0 Å². The summed E-state index contributed by atoms with van der Waals surface area (Å²) in [6.45, 7) is -0.224. The van der Waals surface area contributed by atoms with Crippen molar-refractivity contribution in [2.45, 2.75) is 18.0 Å². The SMILES string of the molecule is N#C[C@H]1[C@H](c2ccccc2)[C@H](CO)N1C(=O)c1cc(Cl)cc(Cl)c1. The van der Waals surface area contributed by atoms with E-state index in [-0.39, 0.29) is 18.4 Å². The van der Waals surface area contributed by atoms with Crippen LogP contribution in [-0.2, 0) is 0 Å². The topological polar surface area (TPSA) is 64.3 Å². The van der Waals surface area contributed by atoms with E-state index in [1.807, 2.05) is 30.3 Å². The van der Waals surface area contributed by atoms with Crippen LogP contribution in [0.25, 0.3) is 0 Å². The second-order valence-electron chi connectivity index (χ2n) is 5.63. The van der Waals surface area contributed by atoms with Crippen LogP contribution in [0.1, 0.15) is 21.8 Å². The highest BCUT2D eigenvalue weighted by Crippen LogP contribution is 2.41. The summed E-state index contributed by atoms with van der Waals surface area (Å²) < 4.78 is 0. The maximum atomic E-state index is 12.8. The summed E-state index contributed by atoms with van der Waals surface area (Å²) in [5, 5.41) is 20.0. The lowest BCUT2D eigenvalue weighted by Gasteiger charge is -2.51. The molecule has 4 nitrogen and oxygen atoms in total. The Morgan fingerprint density at radius 2 is 1.79 bits per heavy atom. The Hall–Kier alpha value is -2.06. The highest BCUT2D eigenvalue weighted by molar-refractivity contribution is 6.35. The fraction of sp³-hybridized carbons (Fsp3) is 0.222. The number of rotatable bonds is 3. The van der Waals surface area contributed by atoms with Gasteiger partial charge in [-0.05, 0) is 23.8 Å². The fourth-order valence-corrected chi connectivity index (χ4v) is 3.71. The molecule has 0 radical (unpaired) electrons. The third-order valence-electron chi connectivity index (χ3n) is 4.26. The minimum atomic E-state index is -0.644. The number of hydrogen-bond donors (Lipinski definition) is 1. The number of hydrogen-bond acceptors (Lipinski definition) is 3. The van der Waals surface area contributed by atoms with E-state index in [0.717, 1.165) is 5.56 Å². The molecule has 1 heterocycles. The molecular formula is C18H14Cl2N2O2. The van der Waals surface area contributed by atoms with Gasteiger partial charge in [0.1, 0.15) is 6.04 Å². The van der Waals surface area contributed by atoms with E-state index in [1.54, 1.807) is 0 Å². The highest BCUT2D eigenvalue weighted by Gasteiger charge is 2.51. The Kier molecular flexibility index (Phi) is 4.77. The van der Waals surface area contributed by atoms with Crippen LogP contribution >= 0.6 is 23.2 Å². The molecule has 0 bridgehead atoms. The van der Waals surface area contributed by atoms with Gasteiger partial charge in [0.05, 0.1) is 18.7 Å². The van der Waals surface area contributed by atoms with Gasteiger partial charge in [0, 0.05) is 21.5 Å². The van der Waals surface area contributed by atoms with Crippen molar-refractivity contribution in [3.63, 3.8) is 0 Å². The Morgan fingerprint density at radius 3 is 2.33 bits per heavy atom. The fourth-order valence-electron chi connectivity index (χ4n) is 3.19. The van der Waals surface area contributed by atoms with Crippen molar-refractivity contribution < 1.29 is 9.90 Å². The molecule has 1 amide bonds. The molecule has 0 unspecified atom stereocenters. The van der Waals surface area contributed by atoms with Crippen LogP contribution in [0.15, 0.2) is 48.5 Å². The number of amides is 1. The summed E-state index contributed by atoms with van der Waals surface area (Å²) in [6.07, 6.45) is 0. The summed E-state index contributed by atoms with van der Waals surface area (Å²) in [5.41, 5.74) is 1.23. The van der Waals surface area contributed by atoms with Gasteiger partial charge in [-0.1, -0.05) is 53.5 Å². The third kappa shape index (κ3) is 2.87. The van der Waals surface area contributed by atoms with Crippen LogP contribution in [0, 0.1) is 11.3 Å². The van der Waals surface area contributed by atoms with Gasteiger partial charge in [-0.25, -0.2) is 0 Å². The lowest BCUT2D eigenvalue weighted by Crippen LogP contribution is -2.65. The summed E-state index contributed by atoms with van der Waals surface area (Å²) in [7, 11) is 0. The largest absolute Gasteiger partial charge is 0.394 e. The predicted molar refractivity (Wildman–Crippen MR) is 92.1 cm³/mol. The molecule has 0 aromatic heterocycles. The zero-order chi connectivity index (χ0) is 17.3. The number of carbonyl (C=O) groups is 1. The predicted octanol–water partition coefficient (Wildman–Crippen LogP) is 3.49. The van der Waals surface area contributed by atoms with Gasteiger partial charge in [0.25, 0.3) is 5.91 Å². The van der Waals surface area contributed by atoms with E-state index in [4.69, 9.17) is 23.2 Å². The van der Waals surface area contributed by atoms with Crippen molar-refractivity contribution in [3.8, 4) is 6.07 Å². The number of carbonyl (C=O) groups excluding carboxylic acids is 1. The van der Waals surface area contributed by atoms with Gasteiger partial charge < -0.3 is 10.0 Å². The van der Waals surface area contributed by atoms with Gasteiger partial charge in [0.15, 0.2) is 0 Å². The van der Waals surface area contributed by atoms with E-state index >= 15 is 0 Å². The van der Waals surface area contributed by atoms with E-state index in [1.165, 1.54) is 23.1 Å². The molecule has 3 atom stereocenters. The molecular weight excluding hydrogens is 347 g/mol. The minimum absolute atomic E-state index is 0.222. The average molecular weight is 361 g/mol. The number of nitrogens with zero attached hydrogens (tertiary/aromatic N) is 2. The van der Waals surface area contributed by atoms with Crippen molar-refractivity contribution in [2.75, 3.05) is 6.61 Å². The summed E-state index contributed by atoms with van der Waals surface area (Å²) in [4.78, 5) is 14.2. The third-order valence-corrected chi connectivity index (χ3v) is 4.70. The molecule has 1 N–H and O–H groups in total. The molecule has 1 aliphatic heterocycles. The first-order valence-electron chi connectivity index (χ1n) is 7.41. The van der Waals surface area contributed by atoms with Crippen molar-refractivity contribution in [1.82, 2.24) is 4.90 Å².